The van der Waals surface area contributed by atoms with Crippen LogP contribution >= 0.6 is 0 Å². The molecular formula is C23H30IrNO2-. The van der Waals surface area contributed by atoms with Crippen molar-refractivity contribution in [1.29, 1.82) is 0 Å². The monoisotopic (exact) mass is 545 g/mol. The third-order valence-electron chi connectivity index (χ3n) is 6.10. The van der Waals surface area contributed by atoms with Crippen molar-refractivity contribution >= 4 is 0 Å². The Morgan fingerprint density at radius 3 is 1.96 bits per heavy atom. The molecule has 2 aliphatic carbocycles. The van der Waals surface area contributed by atoms with Crippen molar-refractivity contribution in [2.45, 2.75) is 52.7 Å². The molecule has 149 valence electrons. The molecule has 2 saturated carbocycles. The Labute approximate surface area is 176 Å². The second kappa shape index (κ2) is 8.53. The molecule has 0 spiro atoms. The van der Waals surface area contributed by atoms with Crippen molar-refractivity contribution in [3.05, 3.63) is 54.7 Å². The Balaban J connectivity index is 0.000000189. The summed E-state index contributed by atoms with van der Waals surface area (Å²) in [5.41, 5.74) is 2.00. The molecule has 2 aliphatic rings. The van der Waals surface area contributed by atoms with Crippen LogP contribution in [0.1, 0.15) is 40.5 Å². The van der Waals surface area contributed by atoms with Gasteiger partial charge in [0, 0.05) is 32.2 Å². The van der Waals surface area contributed by atoms with E-state index in [-0.39, 0.29) is 49.1 Å². The predicted molar refractivity (Wildman–Crippen MR) is 104 cm³/mol. The number of rotatable bonds is 1. The number of nitrogens with zero attached hydrogens (tertiary/aromatic N) is 1. The average Bonchev–Trinajstić information content (AvgIpc) is 2.97. The molecule has 2 N–H and O–H groups in total. The molecular weight excluding hydrogens is 514 g/mol. The quantitative estimate of drug-likeness (QED) is 0.525. The van der Waals surface area contributed by atoms with Crippen molar-refractivity contribution in [2.24, 2.45) is 22.7 Å². The molecule has 27 heavy (non-hydrogen) atoms. The van der Waals surface area contributed by atoms with Gasteiger partial charge in [-0.2, -0.15) is 0 Å². The molecule has 4 rings (SSSR count). The molecule has 2 fully saturated rings. The molecule has 2 unspecified atom stereocenters. The van der Waals surface area contributed by atoms with Gasteiger partial charge in [-0.15, -0.1) is 35.9 Å². The number of aromatic nitrogens is 1. The normalized spacial score (nSPS) is 29.9. The summed E-state index contributed by atoms with van der Waals surface area (Å²) in [6.07, 6.45) is 3.24. The van der Waals surface area contributed by atoms with Crippen molar-refractivity contribution in [1.82, 2.24) is 4.98 Å². The van der Waals surface area contributed by atoms with Crippen LogP contribution < -0.4 is 0 Å². The number of aliphatic hydroxyl groups is 2. The van der Waals surface area contributed by atoms with Gasteiger partial charge < -0.3 is 15.2 Å². The van der Waals surface area contributed by atoms with E-state index in [2.05, 4.69) is 38.7 Å². The van der Waals surface area contributed by atoms with Gasteiger partial charge in [0.2, 0.25) is 0 Å². The second-order valence-corrected chi connectivity index (χ2v) is 9.10. The first kappa shape index (κ1) is 22.2. The number of benzene rings is 1. The number of aliphatic hydroxyl groups excluding tert-OH is 2. The Morgan fingerprint density at radius 2 is 1.52 bits per heavy atom. The van der Waals surface area contributed by atoms with Crippen LogP contribution in [0.4, 0.5) is 0 Å². The molecule has 1 radical (unpaired) electrons. The van der Waals surface area contributed by atoms with Gasteiger partial charge in [-0.1, -0.05) is 39.8 Å². The first-order chi connectivity index (χ1) is 12.2. The van der Waals surface area contributed by atoms with Crippen LogP contribution in [0.2, 0.25) is 0 Å². The van der Waals surface area contributed by atoms with E-state index in [1.807, 2.05) is 42.5 Å². The Morgan fingerprint density at radius 1 is 0.926 bits per heavy atom. The van der Waals surface area contributed by atoms with Crippen molar-refractivity contribution in [3.8, 4) is 11.3 Å². The van der Waals surface area contributed by atoms with Crippen molar-refractivity contribution in [2.75, 3.05) is 0 Å². The summed E-state index contributed by atoms with van der Waals surface area (Å²) in [7, 11) is 0. The minimum atomic E-state index is -0.329. The molecule has 0 saturated heterocycles. The topological polar surface area (TPSA) is 53.4 Å². The molecule has 1 heterocycles. The Hall–Kier alpha value is -1.06. The first-order valence-corrected chi connectivity index (χ1v) is 9.47. The Kier molecular flexibility index (Phi) is 7.02. The zero-order valence-electron chi connectivity index (χ0n) is 16.5. The largest absolute Gasteiger partial charge is 0.392 e. The summed E-state index contributed by atoms with van der Waals surface area (Å²) in [6.45, 7) is 8.43. The van der Waals surface area contributed by atoms with E-state index in [0.717, 1.165) is 24.1 Å². The van der Waals surface area contributed by atoms with Crippen molar-refractivity contribution in [3.63, 3.8) is 0 Å². The Bertz CT molecular complexity index is 656. The molecule has 3 nitrogen and oxygen atoms in total. The predicted octanol–water partition coefficient (Wildman–Crippen LogP) is 4.35. The molecule has 2 atom stereocenters. The summed E-state index contributed by atoms with van der Waals surface area (Å²) in [4.78, 5) is 4.22. The molecule has 0 bridgehead atoms. The smallest absolute Gasteiger partial charge is 0.0646 e. The summed E-state index contributed by atoms with van der Waals surface area (Å²) in [5.74, 6) is 0.630. The van der Waals surface area contributed by atoms with Crippen LogP contribution in [0.5, 0.6) is 0 Å². The van der Waals surface area contributed by atoms with E-state index in [0.29, 0.717) is 5.92 Å². The number of pyridine rings is 1. The summed E-state index contributed by atoms with van der Waals surface area (Å²) in [5, 5.41) is 20.3. The van der Waals surface area contributed by atoms with Crippen LogP contribution in [0.15, 0.2) is 48.7 Å². The van der Waals surface area contributed by atoms with Crippen LogP contribution in [0, 0.1) is 28.7 Å². The van der Waals surface area contributed by atoms with Gasteiger partial charge in [-0.05, 0) is 41.3 Å². The molecule has 2 aromatic rings. The third-order valence-corrected chi connectivity index (χ3v) is 6.10. The van der Waals surface area contributed by atoms with Gasteiger partial charge in [0.05, 0.1) is 12.2 Å². The molecule has 0 amide bonds. The van der Waals surface area contributed by atoms with E-state index < -0.39 is 0 Å². The van der Waals surface area contributed by atoms with Crippen LogP contribution in [-0.2, 0) is 20.1 Å². The van der Waals surface area contributed by atoms with Gasteiger partial charge in [-0.25, -0.2) is 0 Å². The maximum absolute atomic E-state index is 10.2. The molecule has 0 aliphatic heterocycles. The van der Waals surface area contributed by atoms with Gasteiger partial charge in [0.25, 0.3) is 0 Å². The number of hydrogen-bond acceptors (Lipinski definition) is 3. The zero-order valence-corrected chi connectivity index (χ0v) is 18.9. The first-order valence-electron chi connectivity index (χ1n) is 9.47. The van der Waals surface area contributed by atoms with E-state index in [4.69, 9.17) is 0 Å². The number of hydrogen-bond donors (Lipinski definition) is 2. The molecule has 1 aromatic carbocycles. The van der Waals surface area contributed by atoms with Crippen LogP contribution in [-0.4, -0.2) is 27.4 Å². The van der Waals surface area contributed by atoms with Gasteiger partial charge >= 0.3 is 0 Å². The fraction of sp³-hybridized carbons (Fsp3) is 0.522. The van der Waals surface area contributed by atoms with Gasteiger partial charge in [0.15, 0.2) is 0 Å². The fourth-order valence-corrected chi connectivity index (χ4v) is 4.74. The second-order valence-electron chi connectivity index (χ2n) is 9.10. The van der Waals surface area contributed by atoms with Gasteiger partial charge in [-0.3, -0.25) is 0 Å². The van der Waals surface area contributed by atoms with E-state index in [9.17, 15) is 10.2 Å². The summed E-state index contributed by atoms with van der Waals surface area (Å²) < 4.78 is 0. The maximum atomic E-state index is 10.2. The SMILES string of the molecule is CC1(C)CC2CC(C)(C)C(O)C2C1O.[Ir].[c-]1ccccc1-c1ccccn1. The van der Waals surface area contributed by atoms with Crippen LogP contribution in [0.25, 0.3) is 11.3 Å². The molecule has 4 heteroatoms. The van der Waals surface area contributed by atoms with Gasteiger partial charge in [0.1, 0.15) is 0 Å². The zero-order chi connectivity index (χ0) is 18.9. The average molecular weight is 545 g/mol. The summed E-state index contributed by atoms with van der Waals surface area (Å²) >= 11 is 0. The van der Waals surface area contributed by atoms with E-state index >= 15 is 0 Å². The molecule has 1 aromatic heterocycles. The third kappa shape index (κ3) is 4.68. The maximum Gasteiger partial charge on any atom is 0.0646 e. The standard InChI is InChI=1S/C12H22O2.C11H8N.Ir/c1-11(2)5-7-6-12(3,4)10(14)8(7)9(11)13;1-2-6-10(7-3-1)11-8-4-5-9-12-11;/h7-10,13-14H,5-6H2,1-4H3;1-6,8-9H;/q;-1;. The summed E-state index contributed by atoms with van der Waals surface area (Å²) in [6, 6.07) is 16.8. The van der Waals surface area contributed by atoms with Crippen molar-refractivity contribution < 1.29 is 30.3 Å². The van der Waals surface area contributed by atoms with Crippen LogP contribution in [0.3, 0.4) is 0 Å². The van der Waals surface area contributed by atoms with E-state index in [1.165, 1.54) is 0 Å². The number of fused-ring (bicyclic) bond motifs is 1. The minimum absolute atomic E-state index is 0. The van der Waals surface area contributed by atoms with E-state index in [1.54, 1.807) is 6.20 Å². The minimum Gasteiger partial charge on any atom is -0.392 e. The fourth-order valence-electron chi connectivity index (χ4n) is 4.74.